The molecule has 1 fully saturated rings. The normalized spacial score (nSPS) is 19.1. The molecule has 5 heteroatoms. The predicted octanol–water partition coefficient (Wildman–Crippen LogP) is 2.34. The number of carboxylic acid groups (broad SMARTS) is 1. The molecule has 0 amide bonds. The first-order chi connectivity index (χ1) is 9.16. The van der Waals surface area contributed by atoms with Gasteiger partial charge in [0.2, 0.25) is 0 Å². The first-order valence-electron chi connectivity index (χ1n) is 6.65. The Kier molecular flexibility index (Phi) is 4.63. The standard InChI is InChI=1S/C14H20N2O3/c15-13-5-4-10(9-12(13)14(17)18)16-7-6-11-3-1-2-8-19-11/h4-5,9,11,16H,1-3,6-8,15H2,(H,17,18). The van der Waals surface area contributed by atoms with Crippen molar-refractivity contribution >= 4 is 17.3 Å². The summed E-state index contributed by atoms with van der Waals surface area (Å²) in [5.41, 5.74) is 6.81. The van der Waals surface area contributed by atoms with Gasteiger partial charge in [0.1, 0.15) is 0 Å². The summed E-state index contributed by atoms with van der Waals surface area (Å²) in [6, 6.07) is 4.98. The van der Waals surface area contributed by atoms with Crippen LogP contribution in [0.5, 0.6) is 0 Å². The number of ether oxygens (including phenoxy) is 1. The summed E-state index contributed by atoms with van der Waals surface area (Å²) in [4.78, 5) is 11.0. The van der Waals surface area contributed by atoms with E-state index in [0.717, 1.165) is 38.1 Å². The van der Waals surface area contributed by atoms with E-state index >= 15 is 0 Å². The third kappa shape index (κ3) is 3.86. The zero-order chi connectivity index (χ0) is 13.7. The molecule has 104 valence electrons. The fourth-order valence-electron chi connectivity index (χ4n) is 2.26. The van der Waals surface area contributed by atoms with E-state index in [1.54, 1.807) is 18.2 Å². The molecule has 1 aliphatic heterocycles. The van der Waals surface area contributed by atoms with Crippen LogP contribution in [0.25, 0.3) is 0 Å². The zero-order valence-electron chi connectivity index (χ0n) is 10.9. The Balaban J connectivity index is 1.85. The smallest absolute Gasteiger partial charge is 0.337 e. The van der Waals surface area contributed by atoms with Crippen molar-refractivity contribution in [2.75, 3.05) is 24.2 Å². The largest absolute Gasteiger partial charge is 0.478 e. The topological polar surface area (TPSA) is 84.6 Å². The third-order valence-electron chi connectivity index (χ3n) is 3.35. The molecular formula is C14H20N2O3. The van der Waals surface area contributed by atoms with Crippen molar-refractivity contribution in [3.8, 4) is 0 Å². The second kappa shape index (κ2) is 6.43. The molecule has 0 radical (unpaired) electrons. The van der Waals surface area contributed by atoms with Crippen LogP contribution in [0.15, 0.2) is 18.2 Å². The zero-order valence-corrected chi connectivity index (χ0v) is 10.9. The molecule has 1 unspecified atom stereocenters. The van der Waals surface area contributed by atoms with Gasteiger partial charge in [-0.25, -0.2) is 4.79 Å². The molecule has 0 bridgehead atoms. The maximum Gasteiger partial charge on any atom is 0.337 e. The van der Waals surface area contributed by atoms with Gasteiger partial charge in [0, 0.05) is 24.5 Å². The lowest BCUT2D eigenvalue weighted by Crippen LogP contribution is -2.22. The molecule has 1 heterocycles. The third-order valence-corrected chi connectivity index (χ3v) is 3.35. The maximum absolute atomic E-state index is 11.0. The van der Waals surface area contributed by atoms with Crippen molar-refractivity contribution in [1.82, 2.24) is 0 Å². The Hall–Kier alpha value is -1.75. The van der Waals surface area contributed by atoms with E-state index in [1.165, 1.54) is 6.42 Å². The molecule has 1 aromatic carbocycles. The summed E-state index contributed by atoms with van der Waals surface area (Å²) in [5.74, 6) is -1.00. The van der Waals surface area contributed by atoms with E-state index in [-0.39, 0.29) is 11.3 Å². The van der Waals surface area contributed by atoms with E-state index in [0.29, 0.717) is 6.10 Å². The minimum atomic E-state index is -1.00. The Labute approximate surface area is 112 Å². The van der Waals surface area contributed by atoms with Crippen molar-refractivity contribution in [3.63, 3.8) is 0 Å². The minimum Gasteiger partial charge on any atom is -0.478 e. The second-order valence-electron chi connectivity index (χ2n) is 4.81. The van der Waals surface area contributed by atoms with Crippen molar-refractivity contribution in [2.24, 2.45) is 0 Å². The number of carbonyl (C=O) groups is 1. The predicted molar refractivity (Wildman–Crippen MR) is 74.5 cm³/mol. The summed E-state index contributed by atoms with van der Waals surface area (Å²) in [6.07, 6.45) is 4.77. The van der Waals surface area contributed by atoms with E-state index in [1.807, 2.05) is 0 Å². The highest BCUT2D eigenvalue weighted by molar-refractivity contribution is 5.94. The highest BCUT2D eigenvalue weighted by atomic mass is 16.5. The van der Waals surface area contributed by atoms with Gasteiger partial charge in [-0.1, -0.05) is 0 Å². The number of anilines is 2. The number of aromatic carboxylic acids is 1. The van der Waals surface area contributed by atoms with Gasteiger partial charge in [0.05, 0.1) is 11.7 Å². The number of hydrogen-bond acceptors (Lipinski definition) is 4. The molecule has 1 aromatic rings. The van der Waals surface area contributed by atoms with Crippen LogP contribution in [-0.4, -0.2) is 30.3 Å². The highest BCUT2D eigenvalue weighted by Crippen LogP contribution is 2.19. The maximum atomic E-state index is 11.0. The van der Waals surface area contributed by atoms with E-state index in [9.17, 15) is 4.79 Å². The van der Waals surface area contributed by atoms with Gasteiger partial charge in [0.25, 0.3) is 0 Å². The molecule has 19 heavy (non-hydrogen) atoms. The first-order valence-corrected chi connectivity index (χ1v) is 6.65. The molecule has 4 N–H and O–H groups in total. The first kappa shape index (κ1) is 13.7. The van der Waals surface area contributed by atoms with Gasteiger partial charge in [-0.15, -0.1) is 0 Å². The molecule has 0 aliphatic carbocycles. The van der Waals surface area contributed by atoms with Crippen LogP contribution in [0.3, 0.4) is 0 Å². The lowest BCUT2D eigenvalue weighted by atomic mass is 10.1. The summed E-state index contributed by atoms with van der Waals surface area (Å²) in [6.45, 7) is 1.63. The summed E-state index contributed by atoms with van der Waals surface area (Å²) in [5, 5.41) is 12.2. The molecule has 0 saturated carbocycles. The summed E-state index contributed by atoms with van der Waals surface area (Å²) >= 11 is 0. The summed E-state index contributed by atoms with van der Waals surface area (Å²) in [7, 11) is 0. The molecule has 1 atom stereocenters. The summed E-state index contributed by atoms with van der Waals surface area (Å²) < 4.78 is 5.64. The molecule has 1 aliphatic rings. The fourth-order valence-corrected chi connectivity index (χ4v) is 2.26. The molecule has 5 nitrogen and oxygen atoms in total. The Morgan fingerprint density at radius 3 is 3.00 bits per heavy atom. The minimum absolute atomic E-state index is 0.138. The number of nitrogen functional groups attached to an aromatic ring is 1. The van der Waals surface area contributed by atoms with Gasteiger partial charge in [-0.3, -0.25) is 0 Å². The van der Waals surface area contributed by atoms with Gasteiger partial charge in [0.15, 0.2) is 0 Å². The molecule has 2 rings (SSSR count). The Bertz CT molecular complexity index is 442. The van der Waals surface area contributed by atoms with Crippen molar-refractivity contribution < 1.29 is 14.6 Å². The van der Waals surface area contributed by atoms with E-state index in [4.69, 9.17) is 15.6 Å². The molecule has 1 saturated heterocycles. The van der Waals surface area contributed by atoms with Gasteiger partial charge >= 0.3 is 5.97 Å². The number of carboxylic acids is 1. The molecular weight excluding hydrogens is 244 g/mol. The van der Waals surface area contributed by atoms with Crippen LogP contribution < -0.4 is 11.1 Å². The van der Waals surface area contributed by atoms with Crippen molar-refractivity contribution in [1.29, 1.82) is 0 Å². The Morgan fingerprint density at radius 1 is 1.47 bits per heavy atom. The van der Waals surface area contributed by atoms with Crippen LogP contribution >= 0.6 is 0 Å². The fraction of sp³-hybridized carbons (Fsp3) is 0.500. The number of rotatable bonds is 5. The molecule has 0 spiro atoms. The number of nitrogens with two attached hydrogens (primary N) is 1. The lowest BCUT2D eigenvalue weighted by molar-refractivity contribution is 0.0134. The SMILES string of the molecule is Nc1ccc(NCCC2CCCCO2)cc1C(=O)O. The number of hydrogen-bond donors (Lipinski definition) is 3. The molecule has 0 aromatic heterocycles. The quantitative estimate of drug-likeness (QED) is 0.711. The number of benzene rings is 1. The van der Waals surface area contributed by atoms with Crippen LogP contribution in [0.1, 0.15) is 36.0 Å². The van der Waals surface area contributed by atoms with Gasteiger partial charge in [-0.2, -0.15) is 0 Å². The van der Waals surface area contributed by atoms with Crippen LogP contribution in [0.4, 0.5) is 11.4 Å². The Morgan fingerprint density at radius 2 is 2.32 bits per heavy atom. The van der Waals surface area contributed by atoms with E-state index < -0.39 is 5.97 Å². The van der Waals surface area contributed by atoms with Crippen molar-refractivity contribution in [3.05, 3.63) is 23.8 Å². The highest BCUT2D eigenvalue weighted by Gasteiger charge is 2.13. The van der Waals surface area contributed by atoms with Crippen LogP contribution in [0.2, 0.25) is 0 Å². The van der Waals surface area contributed by atoms with Crippen LogP contribution in [0, 0.1) is 0 Å². The van der Waals surface area contributed by atoms with Crippen molar-refractivity contribution in [2.45, 2.75) is 31.8 Å². The van der Waals surface area contributed by atoms with Gasteiger partial charge < -0.3 is 20.9 Å². The average Bonchev–Trinajstić information content (AvgIpc) is 2.41. The van der Waals surface area contributed by atoms with E-state index in [2.05, 4.69) is 5.32 Å². The monoisotopic (exact) mass is 264 g/mol. The number of nitrogens with one attached hydrogen (secondary N) is 1. The average molecular weight is 264 g/mol. The van der Waals surface area contributed by atoms with Gasteiger partial charge in [-0.05, 0) is 43.9 Å². The second-order valence-corrected chi connectivity index (χ2v) is 4.81. The van der Waals surface area contributed by atoms with Crippen LogP contribution in [-0.2, 0) is 4.74 Å². The lowest BCUT2D eigenvalue weighted by Gasteiger charge is -2.22.